The molecular formula is C8H20BrO4P. The predicted molar refractivity (Wildman–Crippen MR) is 62.0 cm³/mol. The summed E-state index contributed by atoms with van der Waals surface area (Å²) in [6, 6.07) is 0. The van der Waals surface area contributed by atoms with Crippen LogP contribution in [0.15, 0.2) is 0 Å². The quantitative estimate of drug-likeness (QED) is 0.381. The lowest BCUT2D eigenvalue weighted by molar-refractivity contribution is 0.282. The molecule has 0 amide bonds. The molecule has 0 spiro atoms. The summed E-state index contributed by atoms with van der Waals surface area (Å²) in [5.74, 6) is 0. The van der Waals surface area contributed by atoms with Gasteiger partial charge in [-0.25, -0.2) is 0 Å². The van der Waals surface area contributed by atoms with Gasteiger partial charge < -0.3 is 14.9 Å². The molecule has 0 aliphatic rings. The zero-order valence-corrected chi connectivity index (χ0v) is 10.9. The number of aliphatic hydroxyl groups is 1. The fourth-order valence-electron chi connectivity index (χ4n) is 0.913. The largest absolute Gasteiger partial charge is 0.396 e. The van der Waals surface area contributed by atoms with Gasteiger partial charge in [-0.15, -0.1) is 0 Å². The molecule has 3 N–H and O–H groups in total. The summed E-state index contributed by atoms with van der Waals surface area (Å²) < 4.78 is 8.74. The third kappa shape index (κ3) is 29.4. The third-order valence-corrected chi connectivity index (χ3v) is 2.10. The van der Waals surface area contributed by atoms with Crippen molar-refractivity contribution in [3.05, 3.63) is 0 Å². The highest BCUT2D eigenvalue weighted by atomic mass is 79.9. The van der Waals surface area contributed by atoms with Crippen molar-refractivity contribution in [1.29, 1.82) is 0 Å². The highest BCUT2D eigenvalue weighted by molar-refractivity contribution is 9.09. The maximum Gasteiger partial charge on any atom is 0.314 e. The summed E-state index contributed by atoms with van der Waals surface area (Å²) >= 11 is 3.39. The van der Waals surface area contributed by atoms with Gasteiger partial charge in [-0.1, -0.05) is 41.6 Å². The van der Waals surface area contributed by atoms with E-state index in [9.17, 15) is 0 Å². The number of rotatable bonds is 7. The fourth-order valence-corrected chi connectivity index (χ4v) is 1.31. The number of hydrogen-bond acceptors (Lipinski definition) is 2. The Bertz CT molecular complexity index is 112. The fraction of sp³-hybridized carbons (Fsp3) is 1.00. The second-order valence-electron chi connectivity index (χ2n) is 2.82. The van der Waals surface area contributed by atoms with E-state index >= 15 is 0 Å². The molecule has 0 unspecified atom stereocenters. The number of alkyl halides is 1. The van der Waals surface area contributed by atoms with Crippen LogP contribution < -0.4 is 0 Å². The minimum atomic E-state index is -3.13. The first kappa shape index (κ1) is 17.0. The van der Waals surface area contributed by atoms with E-state index in [4.69, 9.17) is 19.5 Å². The van der Waals surface area contributed by atoms with E-state index in [0.717, 1.165) is 11.8 Å². The zero-order valence-electron chi connectivity index (χ0n) is 8.28. The van der Waals surface area contributed by atoms with Crippen LogP contribution in [-0.4, -0.2) is 26.8 Å². The highest BCUT2D eigenvalue weighted by Gasteiger charge is 1.88. The molecule has 0 atom stereocenters. The lowest BCUT2D eigenvalue weighted by Crippen LogP contribution is -1.83. The molecule has 0 saturated heterocycles. The molecule has 0 bridgehead atoms. The maximum absolute atomic E-state index is 8.74. The Hall–Kier alpha value is 0.590. The van der Waals surface area contributed by atoms with E-state index in [1.54, 1.807) is 0 Å². The first-order chi connectivity index (χ1) is 6.65. The van der Waals surface area contributed by atoms with Gasteiger partial charge in [0, 0.05) is 11.9 Å². The molecule has 14 heavy (non-hydrogen) atoms. The number of unbranched alkanes of at least 4 members (excludes halogenated alkanes) is 5. The summed E-state index contributed by atoms with van der Waals surface area (Å²) in [4.78, 5) is 14.3. The average molecular weight is 291 g/mol. The minimum Gasteiger partial charge on any atom is -0.396 e. The van der Waals surface area contributed by atoms with Crippen molar-refractivity contribution in [2.45, 2.75) is 38.5 Å². The van der Waals surface area contributed by atoms with Crippen molar-refractivity contribution in [3.63, 3.8) is 0 Å². The summed E-state index contributed by atoms with van der Waals surface area (Å²) in [6.45, 7) is 0.360. The van der Waals surface area contributed by atoms with Gasteiger partial charge in [0.2, 0.25) is 0 Å². The SMILES string of the molecule is O=[PH](O)O.OCCCCCCCCBr. The van der Waals surface area contributed by atoms with Crippen LogP contribution in [0.5, 0.6) is 0 Å². The number of aliphatic hydroxyl groups excluding tert-OH is 1. The van der Waals surface area contributed by atoms with Crippen LogP contribution in [-0.2, 0) is 4.57 Å². The Balaban J connectivity index is 0. The Morgan fingerprint density at radius 3 is 1.64 bits per heavy atom. The first-order valence-corrected chi connectivity index (χ1v) is 7.16. The van der Waals surface area contributed by atoms with E-state index in [1.807, 2.05) is 0 Å². The molecule has 0 fully saturated rings. The van der Waals surface area contributed by atoms with Crippen molar-refractivity contribution in [2.75, 3.05) is 11.9 Å². The Morgan fingerprint density at radius 1 is 0.929 bits per heavy atom. The van der Waals surface area contributed by atoms with Crippen LogP contribution in [0.4, 0.5) is 0 Å². The molecule has 6 heteroatoms. The summed E-state index contributed by atoms with van der Waals surface area (Å²) in [6.07, 6.45) is 7.40. The summed E-state index contributed by atoms with van der Waals surface area (Å²) in [5, 5.41) is 9.59. The molecule has 0 radical (unpaired) electrons. The first-order valence-electron chi connectivity index (χ1n) is 4.73. The topological polar surface area (TPSA) is 77.8 Å². The zero-order chi connectivity index (χ0) is 11.2. The minimum absolute atomic E-state index is 0.360. The van der Waals surface area contributed by atoms with Gasteiger partial charge in [-0.3, -0.25) is 4.57 Å². The van der Waals surface area contributed by atoms with Gasteiger partial charge in [-0.2, -0.15) is 0 Å². The van der Waals surface area contributed by atoms with Crippen LogP contribution in [0.3, 0.4) is 0 Å². The lowest BCUT2D eigenvalue weighted by atomic mass is 10.1. The third-order valence-electron chi connectivity index (χ3n) is 1.54. The summed E-state index contributed by atoms with van der Waals surface area (Å²) in [5.41, 5.74) is 0. The van der Waals surface area contributed by atoms with Crippen molar-refractivity contribution < 1.29 is 19.5 Å². The van der Waals surface area contributed by atoms with Crippen molar-refractivity contribution in [2.24, 2.45) is 0 Å². The van der Waals surface area contributed by atoms with Crippen molar-refractivity contribution in [1.82, 2.24) is 0 Å². The molecule has 0 heterocycles. The Kier molecular flexibility index (Phi) is 19.5. The molecular weight excluding hydrogens is 271 g/mol. The van der Waals surface area contributed by atoms with Gasteiger partial charge in [0.25, 0.3) is 0 Å². The molecule has 88 valence electrons. The predicted octanol–water partition coefficient (Wildman–Crippen LogP) is 2.07. The summed E-state index contributed by atoms with van der Waals surface area (Å²) in [7, 11) is -3.13. The molecule has 0 rings (SSSR count). The number of hydrogen-bond donors (Lipinski definition) is 3. The van der Waals surface area contributed by atoms with Gasteiger partial charge in [0.1, 0.15) is 0 Å². The van der Waals surface area contributed by atoms with E-state index in [0.29, 0.717) is 6.61 Å². The maximum atomic E-state index is 8.74. The highest BCUT2D eigenvalue weighted by Crippen LogP contribution is 2.05. The van der Waals surface area contributed by atoms with Crippen molar-refractivity contribution in [3.8, 4) is 0 Å². The van der Waals surface area contributed by atoms with Crippen LogP contribution in [0, 0.1) is 0 Å². The molecule has 0 aromatic rings. The second kappa shape index (κ2) is 16.0. The van der Waals surface area contributed by atoms with Crippen LogP contribution >= 0.6 is 24.2 Å². The van der Waals surface area contributed by atoms with Gasteiger partial charge >= 0.3 is 8.25 Å². The monoisotopic (exact) mass is 290 g/mol. The molecule has 0 saturated carbocycles. The molecule has 0 aliphatic heterocycles. The lowest BCUT2D eigenvalue weighted by Gasteiger charge is -1.97. The van der Waals surface area contributed by atoms with Gasteiger partial charge in [0.05, 0.1) is 0 Å². The van der Waals surface area contributed by atoms with Crippen LogP contribution in [0.1, 0.15) is 38.5 Å². The van der Waals surface area contributed by atoms with E-state index in [2.05, 4.69) is 15.9 Å². The molecule has 4 nitrogen and oxygen atoms in total. The van der Waals surface area contributed by atoms with E-state index in [-0.39, 0.29) is 0 Å². The standard InChI is InChI=1S/C8H17BrO.H3O3P/c9-7-5-3-1-2-4-6-8-10;1-4(2)3/h10H,1-8H2;4H,(H2,1,2,3). The Morgan fingerprint density at radius 2 is 1.29 bits per heavy atom. The molecule has 0 aromatic heterocycles. The van der Waals surface area contributed by atoms with Crippen molar-refractivity contribution >= 4 is 24.2 Å². The van der Waals surface area contributed by atoms with Crippen LogP contribution in [0.2, 0.25) is 0 Å². The van der Waals surface area contributed by atoms with Gasteiger partial charge in [0.15, 0.2) is 0 Å². The van der Waals surface area contributed by atoms with E-state index in [1.165, 1.54) is 32.1 Å². The Labute approximate surface area is 94.4 Å². The molecule has 0 aromatic carbocycles. The van der Waals surface area contributed by atoms with Gasteiger partial charge in [-0.05, 0) is 12.8 Å². The molecule has 0 aliphatic carbocycles. The number of halogens is 1. The van der Waals surface area contributed by atoms with E-state index < -0.39 is 8.25 Å². The second-order valence-corrected chi connectivity index (χ2v) is 4.17. The average Bonchev–Trinajstić information content (AvgIpc) is 2.10. The van der Waals surface area contributed by atoms with Crippen LogP contribution in [0.25, 0.3) is 0 Å². The normalized spacial score (nSPS) is 9.79. The smallest absolute Gasteiger partial charge is 0.314 e.